The standard InChI is InChI=1S/C74H136O6/c1-4-7-10-13-16-19-22-25-27-29-31-33-35-37-39-40-42-44-46-49-52-55-58-61-64-67-73(76)79-70-71(69-78-72(75)66-63-60-57-54-51-48-24-21-18-15-12-9-6-3)80-74(77)68-65-62-59-56-53-50-47-45-43-41-38-36-34-32-30-28-26-23-20-17-14-11-8-5-2/h12,15,21-22,24-25,29,31,71H,4-11,13-14,16-20,23,26-28,30,32-70H2,1-3H3/b15-12-,24-21-,25-22-,31-29-. The highest BCUT2D eigenvalue weighted by Crippen LogP contribution is 2.18. The molecule has 0 radical (unpaired) electrons. The van der Waals surface area contributed by atoms with Gasteiger partial charge in [0.05, 0.1) is 0 Å². The number of ether oxygens (including phenoxy) is 3. The van der Waals surface area contributed by atoms with Crippen LogP contribution in [0.2, 0.25) is 0 Å². The normalized spacial score (nSPS) is 12.3. The quantitative estimate of drug-likeness (QED) is 0.0261. The first-order valence-corrected chi connectivity index (χ1v) is 35.6. The number of hydrogen-bond donors (Lipinski definition) is 0. The Morgan fingerprint density at radius 2 is 0.475 bits per heavy atom. The van der Waals surface area contributed by atoms with E-state index in [4.69, 9.17) is 14.2 Å². The Bertz CT molecular complexity index is 1380. The second kappa shape index (κ2) is 68.9. The van der Waals surface area contributed by atoms with E-state index in [-0.39, 0.29) is 31.1 Å². The molecule has 0 saturated heterocycles. The Morgan fingerprint density at radius 3 is 0.738 bits per heavy atom. The molecule has 0 aliphatic rings. The Hall–Kier alpha value is -2.63. The predicted molar refractivity (Wildman–Crippen MR) is 349 cm³/mol. The Kier molecular flexibility index (Phi) is 66.6. The van der Waals surface area contributed by atoms with Gasteiger partial charge in [0.1, 0.15) is 13.2 Å². The van der Waals surface area contributed by atoms with Gasteiger partial charge < -0.3 is 14.2 Å². The predicted octanol–water partition coefficient (Wildman–Crippen LogP) is 24.5. The van der Waals surface area contributed by atoms with E-state index in [9.17, 15) is 14.4 Å². The third-order valence-corrected chi connectivity index (χ3v) is 16.0. The second-order valence-electron chi connectivity index (χ2n) is 24.1. The summed E-state index contributed by atoms with van der Waals surface area (Å²) in [6.07, 6.45) is 87.2. The molecule has 0 heterocycles. The smallest absolute Gasteiger partial charge is 0.306 e. The lowest BCUT2D eigenvalue weighted by molar-refractivity contribution is -0.167. The molecule has 0 amide bonds. The van der Waals surface area contributed by atoms with Crippen LogP contribution in [0.15, 0.2) is 48.6 Å². The third kappa shape index (κ3) is 66.2. The molecule has 0 saturated carbocycles. The van der Waals surface area contributed by atoms with Crippen LogP contribution in [0.3, 0.4) is 0 Å². The minimum Gasteiger partial charge on any atom is -0.462 e. The molecule has 0 spiro atoms. The topological polar surface area (TPSA) is 78.9 Å². The highest BCUT2D eigenvalue weighted by atomic mass is 16.6. The summed E-state index contributed by atoms with van der Waals surface area (Å²) in [5.41, 5.74) is 0. The fraction of sp³-hybridized carbons (Fsp3) is 0.851. The molecule has 1 atom stereocenters. The molecule has 0 fully saturated rings. The first-order chi connectivity index (χ1) is 39.5. The Morgan fingerprint density at radius 1 is 0.250 bits per heavy atom. The van der Waals surface area contributed by atoms with Crippen molar-refractivity contribution in [3.63, 3.8) is 0 Å². The van der Waals surface area contributed by atoms with Crippen molar-refractivity contribution in [3.05, 3.63) is 48.6 Å². The van der Waals surface area contributed by atoms with E-state index in [1.165, 1.54) is 257 Å². The van der Waals surface area contributed by atoms with Gasteiger partial charge in [-0.3, -0.25) is 14.4 Å². The van der Waals surface area contributed by atoms with Gasteiger partial charge in [0.2, 0.25) is 0 Å². The molecular weight excluding hydrogens is 985 g/mol. The first kappa shape index (κ1) is 77.4. The molecule has 0 aliphatic carbocycles. The lowest BCUT2D eigenvalue weighted by Crippen LogP contribution is -2.30. The lowest BCUT2D eigenvalue weighted by Gasteiger charge is -2.18. The van der Waals surface area contributed by atoms with Crippen molar-refractivity contribution in [2.75, 3.05) is 13.2 Å². The first-order valence-electron chi connectivity index (χ1n) is 35.6. The minimum absolute atomic E-state index is 0.0739. The zero-order chi connectivity index (χ0) is 57.8. The maximum atomic E-state index is 13.0. The lowest BCUT2D eigenvalue weighted by atomic mass is 10.0. The van der Waals surface area contributed by atoms with Crippen LogP contribution in [-0.4, -0.2) is 37.2 Å². The van der Waals surface area contributed by atoms with Crippen LogP contribution in [0.1, 0.15) is 387 Å². The highest BCUT2D eigenvalue weighted by molar-refractivity contribution is 5.71. The van der Waals surface area contributed by atoms with Gasteiger partial charge in [-0.05, 0) is 77.0 Å². The minimum atomic E-state index is -0.778. The van der Waals surface area contributed by atoms with Gasteiger partial charge >= 0.3 is 17.9 Å². The summed E-state index contributed by atoms with van der Waals surface area (Å²) in [5, 5.41) is 0. The summed E-state index contributed by atoms with van der Waals surface area (Å²) < 4.78 is 17.0. The summed E-state index contributed by atoms with van der Waals surface area (Å²) >= 11 is 0. The van der Waals surface area contributed by atoms with Gasteiger partial charge in [0.15, 0.2) is 6.10 Å². The second-order valence-corrected chi connectivity index (χ2v) is 24.1. The zero-order valence-corrected chi connectivity index (χ0v) is 53.9. The molecule has 0 aromatic heterocycles. The van der Waals surface area contributed by atoms with E-state index in [1.54, 1.807) is 0 Å². The molecule has 468 valence electrons. The van der Waals surface area contributed by atoms with E-state index in [2.05, 4.69) is 69.4 Å². The van der Waals surface area contributed by atoms with Gasteiger partial charge in [-0.2, -0.15) is 0 Å². The van der Waals surface area contributed by atoms with E-state index >= 15 is 0 Å². The number of rotatable bonds is 66. The molecule has 0 bridgehead atoms. The Labute approximate surface area is 498 Å². The van der Waals surface area contributed by atoms with Crippen molar-refractivity contribution in [2.24, 2.45) is 0 Å². The van der Waals surface area contributed by atoms with Crippen molar-refractivity contribution in [1.82, 2.24) is 0 Å². The summed E-state index contributed by atoms with van der Waals surface area (Å²) in [7, 11) is 0. The largest absolute Gasteiger partial charge is 0.462 e. The summed E-state index contributed by atoms with van der Waals surface area (Å²) in [6, 6.07) is 0. The number of carbonyl (C=O) groups excluding carboxylic acids is 3. The van der Waals surface area contributed by atoms with E-state index in [1.807, 2.05) is 0 Å². The molecule has 80 heavy (non-hydrogen) atoms. The van der Waals surface area contributed by atoms with E-state index < -0.39 is 6.10 Å². The third-order valence-electron chi connectivity index (χ3n) is 16.0. The molecule has 0 N–H and O–H groups in total. The number of allylic oxidation sites excluding steroid dienone is 8. The van der Waals surface area contributed by atoms with Crippen LogP contribution in [-0.2, 0) is 28.6 Å². The molecule has 0 aliphatic heterocycles. The summed E-state index contributed by atoms with van der Waals surface area (Å²) in [4.78, 5) is 38.4. The van der Waals surface area contributed by atoms with Gasteiger partial charge in [-0.15, -0.1) is 0 Å². The molecule has 6 nitrogen and oxygen atoms in total. The van der Waals surface area contributed by atoms with Crippen molar-refractivity contribution in [3.8, 4) is 0 Å². The maximum absolute atomic E-state index is 13.0. The molecule has 1 unspecified atom stereocenters. The van der Waals surface area contributed by atoms with Gasteiger partial charge in [0, 0.05) is 19.3 Å². The van der Waals surface area contributed by atoms with Crippen LogP contribution in [0.4, 0.5) is 0 Å². The van der Waals surface area contributed by atoms with Crippen molar-refractivity contribution in [1.29, 1.82) is 0 Å². The average Bonchev–Trinajstić information content (AvgIpc) is 3.46. The molecule has 6 heteroatoms. The fourth-order valence-corrected chi connectivity index (χ4v) is 10.7. The van der Waals surface area contributed by atoms with Gasteiger partial charge in [0.25, 0.3) is 0 Å². The van der Waals surface area contributed by atoms with Crippen LogP contribution in [0, 0.1) is 0 Å². The number of hydrogen-bond acceptors (Lipinski definition) is 6. The number of esters is 3. The van der Waals surface area contributed by atoms with Crippen molar-refractivity contribution in [2.45, 2.75) is 393 Å². The fourth-order valence-electron chi connectivity index (χ4n) is 10.7. The number of unbranched alkanes of at least 4 members (excludes halogenated alkanes) is 47. The molecule has 0 rings (SSSR count). The van der Waals surface area contributed by atoms with Crippen molar-refractivity contribution < 1.29 is 28.6 Å². The van der Waals surface area contributed by atoms with E-state index in [0.717, 1.165) is 89.9 Å². The maximum Gasteiger partial charge on any atom is 0.306 e. The van der Waals surface area contributed by atoms with E-state index in [0.29, 0.717) is 19.3 Å². The highest BCUT2D eigenvalue weighted by Gasteiger charge is 2.19. The summed E-state index contributed by atoms with van der Waals surface area (Å²) in [6.45, 7) is 6.62. The molecule has 0 aromatic carbocycles. The SMILES string of the molecule is CCC/C=C\C/C=C\CCCCCCCC(=O)OCC(COC(=O)CCCCCCCCCCCCCCC/C=C\C/C=C\CCCCCCC)OC(=O)CCCCCCCCCCCCCCCCCCCCCCCCCC. The van der Waals surface area contributed by atoms with Crippen LogP contribution >= 0.6 is 0 Å². The van der Waals surface area contributed by atoms with Gasteiger partial charge in [-0.25, -0.2) is 0 Å². The van der Waals surface area contributed by atoms with Crippen LogP contribution in [0.25, 0.3) is 0 Å². The van der Waals surface area contributed by atoms with Gasteiger partial charge in [-0.1, -0.05) is 339 Å². The average molecular weight is 1120 g/mol. The molecule has 0 aromatic rings. The number of carbonyl (C=O) groups is 3. The van der Waals surface area contributed by atoms with Crippen LogP contribution < -0.4 is 0 Å². The molecular formula is C74H136O6. The van der Waals surface area contributed by atoms with Crippen LogP contribution in [0.5, 0.6) is 0 Å². The Balaban J connectivity index is 4.23. The van der Waals surface area contributed by atoms with Crippen molar-refractivity contribution >= 4 is 17.9 Å². The monoisotopic (exact) mass is 1120 g/mol. The summed E-state index contributed by atoms with van der Waals surface area (Å²) in [5.74, 6) is -0.863. The zero-order valence-electron chi connectivity index (χ0n) is 53.9.